The number of hydrogen-bond donors (Lipinski definition) is 0. The lowest BCUT2D eigenvalue weighted by Crippen LogP contribution is -1.94. The van der Waals surface area contributed by atoms with E-state index in [9.17, 15) is 4.39 Å². The van der Waals surface area contributed by atoms with E-state index in [0.29, 0.717) is 11.3 Å². The summed E-state index contributed by atoms with van der Waals surface area (Å²) in [6.07, 6.45) is 0. The quantitative estimate of drug-likeness (QED) is 0.781. The summed E-state index contributed by atoms with van der Waals surface area (Å²) in [5.74, 6) is -0.0387. The lowest BCUT2D eigenvalue weighted by molar-refractivity contribution is 0.440. The Morgan fingerprint density at radius 3 is 2.47 bits per heavy atom. The number of aryl methyl sites for hydroxylation is 1. The summed E-state index contributed by atoms with van der Waals surface area (Å²) in [6.45, 7) is 1.75. The standard InChI is InChI=1S/C14H10FNO/c1-10-7-8-13(15)14(12(10)9-16)17-11-5-3-2-4-6-11/h2-8H,1H3. The van der Waals surface area contributed by atoms with E-state index in [1.54, 1.807) is 37.3 Å². The van der Waals surface area contributed by atoms with Crippen LogP contribution >= 0.6 is 0 Å². The third-order valence-corrected chi connectivity index (χ3v) is 2.39. The summed E-state index contributed by atoms with van der Waals surface area (Å²) in [4.78, 5) is 0. The van der Waals surface area contributed by atoms with Gasteiger partial charge in [0.05, 0.1) is 0 Å². The fourth-order valence-electron chi connectivity index (χ4n) is 1.50. The Bertz CT molecular complexity index is 573. The van der Waals surface area contributed by atoms with Crippen molar-refractivity contribution in [3.63, 3.8) is 0 Å². The van der Waals surface area contributed by atoms with Gasteiger partial charge in [0.2, 0.25) is 0 Å². The molecule has 0 fully saturated rings. The van der Waals surface area contributed by atoms with Crippen LogP contribution in [-0.4, -0.2) is 0 Å². The maximum atomic E-state index is 13.6. The fraction of sp³-hybridized carbons (Fsp3) is 0.0714. The van der Waals surface area contributed by atoms with Crippen LogP contribution in [0.3, 0.4) is 0 Å². The molecule has 2 nitrogen and oxygen atoms in total. The van der Waals surface area contributed by atoms with Crippen molar-refractivity contribution in [2.45, 2.75) is 6.92 Å². The van der Waals surface area contributed by atoms with Crippen molar-refractivity contribution in [3.8, 4) is 17.6 Å². The van der Waals surface area contributed by atoms with Crippen molar-refractivity contribution in [1.29, 1.82) is 5.26 Å². The molecule has 0 aliphatic carbocycles. The van der Waals surface area contributed by atoms with E-state index in [1.165, 1.54) is 6.07 Å². The maximum absolute atomic E-state index is 13.6. The first-order chi connectivity index (χ1) is 8.22. The lowest BCUT2D eigenvalue weighted by Gasteiger charge is -2.09. The Balaban J connectivity index is 2.46. The Labute approximate surface area is 98.9 Å². The highest BCUT2D eigenvalue weighted by Gasteiger charge is 2.13. The number of ether oxygens (including phenoxy) is 1. The average Bonchev–Trinajstić information content (AvgIpc) is 2.35. The van der Waals surface area contributed by atoms with Crippen LogP contribution in [0.5, 0.6) is 11.5 Å². The monoisotopic (exact) mass is 227 g/mol. The largest absolute Gasteiger partial charge is 0.453 e. The summed E-state index contributed by atoms with van der Waals surface area (Å²) in [5.41, 5.74) is 0.925. The zero-order valence-corrected chi connectivity index (χ0v) is 9.27. The van der Waals surface area contributed by atoms with Crippen LogP contribution in [0.15, 0.2) is 42.5 Å². The van der Waals surface area contributed by atoms with Gasteiger partial charge in [-0.05, 0) is 30.7 Å². The molecular formula is C14H10FNO. The third-order valence-electron chi connectivity index (χ3n) is 2.39. The molecule has 2 aromatic rings. The Hall–Kier alpha value is -2.34. The van der Waals surface area contributed by atoms with Crippen molar-refractivity contribution in [1.82, 2.24) is 0 Å². The highest BCUT2D eigenvalue weighted by Crippen LogP contribution is 2.29. The van der Waals surface area contributed by atoms with Gasteiger partial charge in [0.15, 0.2) is 11.6 Å². The molecule has 0 amide bonds. The van der Waals surface area contributed by atoms with Crippen LogP contribution in [0.25, 0.3) is 0 Å². The van der Waals surface area contributed by atoms with Gasteiger partial charge in [0, 0.05) is 0 Å². The zero-order chi connectivity index (χ0) is 12.3. The molecule has 84 valence electrons. The van der Waals surface area contributed by atoms with Gasteiger partial charge in [-0.25, -0.2) is 4.39 Å². The number of benzene rings is 2. The number of nitriles is 1. The molecule has 0 bridgehead atoms. The van der Waals surface area contributed by atoms with Gasteiger partial charge in [0.25, 0.3) is 0 Å². The van der Waals surface area contributed by atoms with E-state index in [-0.39, 0.29) is 11.3 Å². The highest BCUT2D eigenvalue weighted by molar-refractivity contribution is 5.50. The topological polar surface area (TPSA) is 33.0 Å². The first kappa shape index (κ1) is 11.2. The summed E-state index contributed by atoms with van der Waals surface area (Å²) >= 11 is 0. The van der Waals surface area contributed by atoms with Gasteiger partial charge < -0.3 is 4.74 Å². The van der Waals surface area contributed by atoms with Crippen molar-refractivity contribution >= 4 is 0 Å². The number of rotatable bonds is 2. The predicted molar refractivity (Wildman–Crippen MR) is 62.4 cm³/mol. The molecule has 0 saturated carbocycles. The highest BCUT2D eigenvalue weighted by atomic mass is 19.1. The van der Waals surface area contributed by atoms with Crippen LogP contribution in [0.4, 0.5) is 4.39 Å². The molecule has 3 heteroatoms. The summed E-state index contributed by atoms with van der Waals surface area (Å²) < 4.78 is 19.0. The van der Waals surface area contributed by atoms with Crippen LogP contribution < -0.4 is 4.74 Å². The second-order valence-electron chi connectivity index (χ2n) is 3.60. The minimum Gasteiger partial charge on any atom is -0.453 e. The zero-order valence-electron chi connectivity index (χ0n) is 9.27. The van der Waals surface area contributed by atoms with Crippen molar-refractivity contribution in [2.24, 2.45) is 0 Å². The van der Waals surface area contributed by atoms with Gasteiger partial charge in [-0.3, -0.25) is 0 Å². The van der Waals surface area contributed by atoms with E-state index in [4.69, 9.17) is 10.00 Å². The van der Waals surface area contributed by atoms with E-state index in [2.05, 4.69) is 0 Å². The molecule has 0 heterocycles. The number of nitrogens with zero attached hydrogens (tertiary/aromatic N) is 1. The molecule has 2 rings (SSSR count). The van der Waals surface area contributed by atoms with E-state index >= 15 is 0 Å². The first-order valence-corrected chi connectivity index (χ1v) is 5.14. The van der Waals surface area contributed by atoms with Gasteiger partial charge in [-0.15, -0.1) is 0 Å². The van der Waals surface area contributed by atoms with Gasteiger partial charge in [-0.2, -0.15) is 5.26 Å². The van der Waals surface area contributed by atoms with Crippen LogP contribution in [0, 0.1) is 24.1 Å². The molecule has 0 radical (unpaired) electrons. The minimum absolute atomic E-state index is 0.0151. The predicted octanol–water partition coefficient (Wildman–Crippen LogP) is 3.80. The molecular weight excluding hydrogens is 217 g/mol. The molecule has 17 heavy (non-hydrogen) atoms. The Kier molecular flexibility index (Phi) is 3.06. The SMILES string of the molecule is Cc1ccc(F)c(Oc2ccccc2)c1C#N. The number of para-hydroxylation sites is 1. The Morgan fingerprint density at radius 2 is 1.82 bits per heavy atom. The molecule has 0 aliphatic rings. The van der Waals surface area contributed by atoms with Crippen molar-refractivity contribution in [2.75, 3.05) is 0 Å². The Morgan fingerprint density at radius 1 is 1.12 bits per heavy atom. The van der Waals surface area contributed by atoms with Gasteiger partial charge >= 0.3 is 0 Å². The second kappa shape index (κ2) is 4.67. The molecule has 0 aliphatic heterocycles. The van der Waals surface area contributed by atoms with Crippen LogP contribution in [-0.2, 0) is 0 Å². The second-order valence-corrected chi connectivity index (χ2v) is 3.60. The molecule has 0 saturated heterocycles. The van der Waals surface area contributed by atoms with E-state index in [1.807, 2.05) is 12.1 Å². The van der Waals surface area contributed by atoms with E-state index < -0.39 is 5.82 Å². The molecule has 0 atom stereocenters. The summed E-state index contributed by atoms with van der Waals surface area (Å²) in [5, 5.41) is 9.01. The number of halogens is 1. The molecule has 0 unspecified atom stereocenters. The maximum Gasteiger partial charge on any atom is 0.181 e. The van der Waals surface area contributed by atoms with Crippen molar-refractivity contribution in [3.05, 3.63) is 59.4 Å². The molecule has 0 N–H and O–H groups in total. The van der Waals surface area contributed by atoms with Crippen LogP contribution in [0.1, 0.15) is 11.1 Å². The average molecular weight is 227 g/mol. The fourth-order valence-corrected chi connectivity index (χ4v) is 1.50. The summed E-state index contributed by atoms with van der Waals surface area (Å²) in [6, 6.07) is 13.7. The van der Waals surface area contributed by atoms with Gasteiger partial charge in [0.1, 0.15) is 17.4 Å². The molecule has 2 aromatic carbocycles. The van der Waals surface area contributed by atoms with E-state index in [0.717, 1.165) is 0 Å². The van der Waals surface area contributed by atoms with Gasteiger partial charge in [-0.1, -0.05) is 24.3 Å². The minimum atomic E-state index is -0.531. The first-order valence-electron chi connectivity index (χ1n) is 5.14. The summed E-state index contributed by atoms with van der Waals surface area (Å²) in [7, 11) is 0. The molecule has 0 aromatic heterocycles. The van der Waals surface area contributed by atoms with Crippen molar-refractivity contribution < 1.29 is 9.13 Å². The normalized spacial score (nSPS) is 9.71. The smallest absolute Gasteiger partial charge is 0.181 e. The van der Waals surface area contributed by atoms with Crippen LogP contribution in [0.2, 0.25) is 0 Å². The number of hydrogen-bond acceptors (Lipinski definition) is 2. The third kappa shape index (κ3) is 2.26. The lowest BCUT2D eigenvalue weighted by atomic mass is 10.1. The molecule has 0 spiro atoms.